The maximum atomic E-state index is 11.4. The molecule has 0 bridgehead atoms. The van der Waals surface area contributed by atoms with Crippen molar-refractivity contribution in [1.82, 2.24) is 9.88 Å². The van der Waals surface area contributed by atoms with Crippen LogP contribution in [0.2, 0.25) is 0 Å². The molecule has 0 saturated carbocycles. The van der Waals surface area contributed by atoms with Crippen molar-refractivity contribution >= 4 is 17.2 Å². The number of rotatable bonds is 3. The van der Waals surface area contributed by atoms with Gasteiger partial charge in [0.2, 0.25) is 5.91 Å². The third-order valence-electron chi connectivity index (χ3n) is 2.51. The molecule has 0 aromatic carbocycles. The van der Waals surface area contributed by atoms with Gasteiger partial charge < -0.3 is 10.6 Å². The number of aryl methyl sites for hydroxylation is 1. The van der Waals surface area contributed by atoms with Crippen molar-refractivity contribution in [3.05, 3.63) is 16.1 Å². The first-order chi connectivity index (χ1) is 7.15. The van der Waals surface area contributed by atoms with E-state index >= 15 is 0 Å². The quantitative estimate of drug-likeness (QED) is 0.817. The van der Waals surface area contributed by atoms with E-state index in [2.05, 4.69) is 4.98 Å². The molecule has 0 aliphatic carbocycles. The van der Waals surface area contributed by atoms with Crippen molar-refractivity contribution in [3.63, 3.8) is 0 Å². The van der Waals surface area contributed by atoms with E-state index in [0.29, 0.717) is 13.0 Å². The summed E-state index contributed by atoms with van der Waals surface area (Å²) in [5.41, 5.74) is 6.77. The van der Waals surface area contributed by atoms with Crippen LogP contribution in [0.4, 0.5) is 0 Å². The standard InChI is InChI=1S/C10H15N3OS/c1-7-6-15-9(12-7)2-3-13-5-8(11)4-10(13)14/h6,8H,2-5,11H2,1H3. The summed E-state index contributed by atoms with van der Waals surface area (Å²) >= 11 is 1.65. The topological polar surface area (TPSA) is 59.2 Å². The third-order valence-corrected chi connectivity index (χ3v) is 3.53. The van der Waals surface area contributed by atoms with Crippen LogP contribution in [0.5, 0.6) is 0 Å². The third kappa shape index (κ3) is 2.54. The van der Waals surface area contributed by atoms with E-state index in [1.54, 1.807) is 11.3 Å². The second-order valence-corrected chi connectivity index (χ2v) is 4.88. The molecule has 0 spiro atoms. The van der Waals surface area contributed by atoms with Crippen LogP contribution in [0.1, 0.15) is 17.1 Å². The minimum Gasteiger partial charge on any atom is -0.341 e. The van der Waals surface area contributed by atoms with Gasteiger partial charge in [0, 0.05) is 43.0 Å². The molecule has 15 heavy (non-hydrogen) atoms. The number of amides is 1. The van der Waals surface area contributed by atoms with Gasteiger partial charge in [0.05, 0.1) is 5.01 Å². The van der Waals surface area contributed by atoms with Crippen molar-refractivity contribution in [2.45, 2.75) is 25.8 Å². The second kappa shape index (κ2) is 4.28. The van der Waals surface area contributed by atoms with Gasteiger partial charge >= 0.3 is 0 Å². The van der Waals surface area contributed by atoms with Gasteiger partial charge in [-0.1, -0.05) is 0 Å². The molecule has 1 unspecified atom stereocenters. The molecular formula is C10H15N3OS. The molecule has 1 aromatic heterocycles. The fourth-order valence-corrected chi connectivity index (χ4v) is 2.53. The summed E-state index contributed by atoms with van der Waals surface area (Å²) in [6.07, 6.45) is 1.34. The Hall–Kier alpha value is -0.940. The molecule has 1 saturated heterocycles. The molecule has 1 aliphatic heterocycles. The lowest BCUT2D eigenvalue weighted by atomic mass is 10.3. The van der Waals surface area contributed by atoms with Gasteiger partial charge in [-0.15, -0.1) is 11.3 Å². The maximum absolute atomic E-state index is 11.4. The highest BCUT2D eigenvalue weighted by molar-refractivity contribution is 7.09. The summed E-state index contributed by atoms with van der Waals surface area (Å²) < 4.78 is 0. The van der Waals surface area contributed by atoms with E-state index in [0.717, 1.165) is 23.7 Å². The maximum Gasteiger partial charge on any atom is 0.224 e. The molecule has 1 aliphatic rings. The van der Waals surface area contributed by atoms with Gasteiger partial charge in [0.1, 0.15) is 0 Å². The van der Waals surface area contributed by atoms with Crippen LogP contribution in [0, 0.1) is 6.92 Å². The molecule has 2 N–H and O–H groups in total. The summed E-state index contributed by atoms with van der Waals surface area (Å²) in [6, 6.07) is 0.0236. The van der Waals surface area contributed by atoms with Gasteiger partial charge in [-0.2, -0.15) is 0 Å². The fraction of sp³-hybridized carbons (Fsp3) is 0.600. The van der Waals surface area contributed by atoms with Crippen molar-refractivity contribution in [3.8, 4) is 0 Å². The van der Waals surface area contributed by atoms with Gasteiger partial charge in [-0.3, -0.25) is 4.79 Å². The molecule has 1 fully saturated rings. The number of carbonyl (C=O) groups is 1. The van der Waals surface area contributed by atoms with E-state index in [-0.39, 0.29) is 11.9 Å². The Morgan fingerprint density at radius 3 is 3.07 bits per heavy atom. The van der Waals surface area contributed by atoms with Crippen LogP contribution in [0.15, 0.2) is 5.38 Å². The molecule has 1 atom stereocenters. The summed E-state index contributed by atoms with van der Waals surface area (Å²) in [5, 5.41) is 3.13. The van der Waals surface area contributed by atoms with Crippen LogP contribution in [0.25, 0.3) is 0 Å². The Labute approximate surface area is 93.1 Å². The molecule has 4 nitrogen and oxygen atoms in total. The largest absolute Gasteiger partial charge is 0.341 e. The average molecular weight is 225 g/mol. The number of nitrogens with two attached hydrogens (primary N) is 1. The zero-order chi connectivity index (χ0) is 10.8. The Kier molecular flexibility index (Phi) is 3.02. The first-order valence-electron chi connectivity index (χ1n) is 5.09. The number of hydrogen-bond acceptors (Lipinski definition) is 4. The molecule has 5 heteroatoms. The summed E-state index contributed by atoms with van der Waals surface area (Å²) in [6.45, 7) is 3.43. The van der Waals surface area contributed by atoms with E-state index < -0.39 is 0 Å². The Bertz CT molecular complexity index is 363. The number of nitrogens with zero attached hydrogens (tertiary/aromatic N) is 2. The van der Waals surface area contributed by atoms with Crippen LogP contribution < -0.4 is 5.73 Å². The first kappa shape index (κ1) is 10.6. The lowest BCUT2D eigenvalue weighted by Gasteiger charge is -2.14. The highest BCUT2D eigenvalue weighted by Gasteiger charge is 2.26. The lowest BCUT2D eigenvalue weighted by molar-refractivity contribution is -0.127. The Balaban J connectivity index is 1.86. The van der Waals surface area contributed by atoms with Crippen LogP contribution in [0.3, 0.4) is 0 Å². The molecule has 0 radical (unpaired) electrons. The Morgan fingerprint density at radius 1 is 1.73 bits per heavy atom. The molecule has 1 amide bonds. The van der Waals surface area contributed by atoms with E-state index in [4.69, 9.17) is 5.73 Å². The van der Waals surface area contributed by atoms with Crippen molar-refractivity contribution in [2.24, 2.45) is 5.73 Å². The summed E-state index contributed by atoms with van der Waals surface area (Å²) in [7, 11) is 0. The minimum absolute atomic E-state index is 0.0236. The highest BCUT2D eigenvalue weighted by atomic mass is 32.1. The van der Waals surface area contributed by atoms with E-state index in [9.17, 15) is 4.79 Å². The van der Waals surface area contributed by atoms with Gasteiger partial charge in [0.25, 0.3) is 0 Å². The average Bonchev–Trinajstić information content (AvgIpc) is 2.70. The van der Waals surface area contributed by atoms with E-state index in [1.165, 1.54) is 0 Å². The summed E-state index contributed by atoms with van der Waals surface area (Å²) in [5.74, 6) is 0.177. The molecule has 82 valence electrons. The van der Waals surface area contributed by atoms with Gasteiger partial charge in [-0.25, -0.2) is 4.98 Å². The fourth-order valence-electron chi connectivity index (χ4n) is 1.77. The minimum atomic E-state index is 0.0236. The monoisotopic (exact) mass is 225 g/mol. The predicted molar refractivity (Wildman–Crippen MR) is 59.7 cm³/mol. The lowest BCUT2D eigenvalue weighted by Crippen LogP contribution is -2.30. The molecule has 2 rings (SSSR count). The summed E-state index contributed by atoms with van der Waals surface area (Å²) in [4.78, 5) is 17.6. The van der Waals surface area contributed by atoms with Crippen LogP contribution in [-0.2, 0) is 11.2 Å². The number of aromatic nitrogens is 1. The molecule has 2 heterocycles. The van der Waals surface area contributed by atoms with E-state index in [1.807, 2.05) is 17.2 Å². The second-order valence-electron chi connectivity index (χ2n) is 3.94. The molecule has 1 aromatic rings. The number of carbonyl (C=O) groups excluding carboxylic acids is 1. The van der Waals surface area contributed by atoms with Crippen LogP contribution >= 0.6 is 11.3 Å². The van der Waals surface area contributed by atoms with Crippen molar-refractivity contribution < 1.29 is 4.79 Å². The first-order valence-corrected chi connectivity index (χ1v) is 5.97. The van der Waals surface area contributed by atoms with Crippen LogP contribution in [-0.4, -0.2) is 34.9 Å². The normalized spacial score (nSPS) is 21.3. The number of thiazole rings is 1. The number of hydrogen-bond donors (Lipinski definition) is 1. The van der Waals surface area contributed by atoms with Gasteiger partial charge in [0.15, 0.2) is 0 Å². The SMILES string of the molecule is Cc1csc(CCN2CC(N)CC2=O)n1. The number of likely N-dealkylation sites (tertiary alicyclic amines) is 1. The van der Waals surface area contributed by atoms with Gasteiger partial charge in [-0.05, 0) is 6.92 Å². The zero-order valence-corrected chi connectivity index (χ0v) is 9.59. The van der Waals surface area contributed by atoms with Crippen molar-refractivity contribution in [2.75, 3.05) is 13.1 Å². The highest BCUT2D eigenvalue weighted by Crippen LogP contribution is 2.13. The predicted octanol–water partition coefficient (Wildman–Crippen LogP) is 0.554. The smallest absolute Gasteiger partial charge is 0.224 e. The molecular weight excluding hydrogens is 210 g/mol. The Morgan fingerprint density at radius 2 is 2.53 bits per heavy atom. The van der Waals surface area contributed by atoms with Crippen molar-refractivity contribution in [1.29, 1.82) is 0 Å². The zero-order valence-electron chi connectivity index (χ0n) is 8.77.